The average Bonchev–Trinajstić information content (AvgIpc) is 3.10. The van der Waals surface area contributed by atoms with E-state index in [1.54, 1.807) is 12.1 Å². The molecular weight excluding hydrogens is 240 g/mol. The standard InChI is InChI=1S/C11H11ClN4O/c12-8-4-3-7-9(15-8)10(16-11(13)14-7)17-5-6-1-2-6/h3-4,6H,1-2,5H2,(H2,13,14,16). The predicted octanol–water partition coefficient (Wildman–Crippen LogP) is 2.05. The highest BCUT2D eigenvalue weighted by Gasteiger charge is 2.23. The van der Waals surface area contributed by atoms with E-state index in [0.717, 1.165) is 0 Å². The maximum Gasteiger partial charge on any atom is 0.245 e. The van der Waals surface area contributed by atoms with Crippen molar-refractivity contribution in [1.29, 1.82) is 0 Å². The SMILES string of the molecule is Nc1nc(OCC2CC2)c2nc(Cl)ccc2n1. The third-order valence-corrected chi connectivity index (χ3v) is 2.86. The van der Waals surface area contributed by atoms with E-state index in [9.17, 15) is 0 Å². The van der Waals surface area contributed by atoms with Crippen molar-refractivity contribution in [1.82, 2.24) is 15.0 Å². The highest BCUT2D eigenvalue weighted by Crippen LogP contribution is 2.30. The molecule has 6 heteroatoms. The molecule has 1 aliphatic rings. The monoisotopic (exact) mass is 250 g/mol. The number of hydrogen-bond donors (Lipinski definition) is 1. The number of hydrogen-bond acceptors (Lipinski definition) is 5. The van der Waals surface area contributed by atoms with Gasteiger partial charge in [0.1, 0.15) is 5.15 Å². The zero-order valence-corrected chi connectivity index (χ0v) is 9.81. The second-order valence-corrected chi connectivity index (χ2v) is 4.53. The number of halogens is 1. The van der Waals surface area contributed by atoms with Crippen molar-refractivity contribution in [2.45, 2.75) is 12.8 Å². The highest BCUT2D eigenvalue weighted by molar-refractivity contribution is 6.29. The van der Waals surface area contributed by atoms with E-state index < -0.39 is 0 Å². The number of fused-ring (bicyclic) bond motifs is 1. The zero-order valence-electron chi connectivity index (χ0n) is 9.06. The lowest BCUT2D eigenvalue weighted by atomic mass is 10.3. The molecule has 2 aromatic heterocycles. The first-order chi connectivity index (χ1) is 8.22. The Bertz CT molecular complexity index is 571. The average molecular weight is 251 g/mol. The van der Waals surface area contributed by atoms with Crippen LogP contribution in [0.1, 0.15) is 12.8 Å². The first-order valence-electron chi connectivity index (χ1n) is 5.45. The summed E-state index contributed by atoms with van der Waals surface area (Å²) >= 11 is 5.85. The van der Waals surface area contributed by atoms with E-state index in [0.29, 0.717) is 34.6 Å². The largest absolute Gasteiger partial charge is 0.476 e. The van der Waals surface area contributed by atoms with Crippen LogP contribution in [0.15, 0.2) is 12.1 Å². The molecule has 3 rings (SSSR count). The molecule has 0 radical (unpaired) electrons. The molecule has 5 nitrogen and oxygen atoms in total. The van der Waals surface area contributed by atoms with Crippen LogP contribution in [-0.2, 0) is 0 Å². The Morgan fingerprint density at radius 2 is 2.12 bits per heavy atom. The summed E-state index contributed by atoms with van der Waals surface area (Å²) in [6.07, 6.45) is 2.43. The fourth-order valence-electron chi connectivity index (χ4n) is 1.56. The van der Waals surface area contributed by atoms with E-state index in [1.165, 1.54) is 12.8 Å². The van der Waals surface area contributed by atoms with Crippen molar-refractivity contribution >= 4 is 28.6 Å². The molecule has 0 saturated heterocycles. The summed E-state index contributed by atoms with van der Waals surface area (Å²) in [5.74, 6) is 1.25. The summed E-state index contributed by atoms with van der Waals surface area (Å²) in [5.41, 5.74) is 6.83. The first kappa shape index (κ1) is 10.5. The van der Waals surface area contributed by atoms with Gasteiger partial charge in [0.05, 0.1) is 12.1 Å². The van der Waals surface area contributed by atoms with Crippen molar-refractivity contribution < 1.29 is 4.74 Å². The van der Waals surface area contributed by atoms with Crippen molar-refractivity contribution in [2.75, 3.05) is 12.3 Å². The summed E-state index contributed by atoms with van der Waals surface area (Å²) in [4.78, 5) is 12.3. The lowest BCUT2D eigenvalue weighted by Gasteiger charge is -2.07. The first-order valence-corrected chi connectivity index (χ1v) is 5.83. The normalized spacial score (nSPS) is 15.1. The number of aromatic nitrogens is 3. The van der Waals surface area contributed by atoms with Gasteiger partial charge in [-0.15, -0.1) is 0 Å². The Kier molecular flexibility index (Phi) is 2.48. The van der Waals surface area contributed by atoms with Gasteiger partial charge in [-0.1, -0.05) is 11.6 Å². The lowest BCUT2D eigenvalue weighted by Crippen LogP contribution is -2.05. The van der Waals surface area contributed by atoms with Crippen LogP contribution in [0.4, 0.5) is 5.95 Å². The van der Waals surface area contributed by atoms with E-state index >= 15 is 0 Å². The smallest absolute Gasteiger partial charge is 0.245 e. The van der Waals surface area contributed by atoms with Crippen molar-refractivity contribution in [2.24, 2.45) is 5.92 Å². The minimum atomic E-state index is 0.187. The van der Waals surface area contributed by atoms with Gasteiger partial charge in [-0.3, -0.25) is 0 Å². The number of nitrogens with zero attached hydrogens (tertiary/aromatic N) is 3. The number of pyridine rings is 1. The van der Waals surface area contributed by atoms with Gasteiger partial charge in [-0.2, -0.15) is 4.98 Å². The minimum Gasteiger partial charge on any atom is -0.476 e. The Morgan fingerprint density at radius 3 is 2.88 bits per heavy atom. The van der Waals surface area contributed by atoms with Gasteiger partial charge in [-0.25, -0.2) is 9.97 Å². The number of anilines is 1. The molecule has 0 aliphatic heterocycles. The van der Waals surface area contributed by atoms with Crippen LogP contribution in [0.3, 0.4) is 0 Å². The molecule has 0 atom stereocenters. The molecule has 0 bridgehead atoms. The van der Waals surface area contributed by atoms with Crippen molar-refractivity contribution in [3.63, 3.8) is 0 Å². The van der Waals surface area contributed by atoms with E-state index in [2.05, 4.69) is 15.0 Å². The summed E-state index contributed by atoms with van der Waals surface area (Å²) < 4.78 is 5.63. The van der Waals surface area contributed by atoms with Gasteiger partial charge in [-0.05, 0) is 30.9 Å². The molecule has 1 saturated carbocycles. The van der Waals surface area contributed by atoms with Crippen molar-refractivity contribution in [3.05, 3.63) is 17.3 Å². The van der Waals surface area contributed by atoms with Crippen LogP contribution in [0.2, 0.25) is 5.15 Å². The maximum atomic E-state index is 5.85. The molecule has 1 aliphatic carbocycles. The Morgan fingerprint density at radius 1 is 1.29 bits per heavy atom. The maximum absolute atomic E-state index is 5.85. The number of nitrogen functional groups attached to an aromatic ring is 1. The van der Waals surface area contributed by atoms with Crippen LogP contribution < -0.4 is 10.5 Å². The molecule has 2 heterocycles. The second-order valence-electron chi connectivity index (χ2n) is 4.14. The molecule has 17 heavy (non-hydrogen) atoms. The lowest BCUT2D eigenvalue weighted by molar-refractivity contribution is 0.292. The molecule has 1 fully saturated rings. The number of nitrogens with two attached hydrogens (primary N) is 1. The van der Waals surface area contributed by atoms with Crippen LogP contribution in [0, 0.1) is 5.92 Å². The second kappa shape index (κ2) is 4.00. The van der Waals surface area contributed by atoms with Gasteiger partial charge >= 0.3 is 0 Å². The van der Waals surface area contributed by atoms with E-state index in [-0.39, 0.29) is 5.95 Å². The third-order valence-electron chi connectivity index (χ3n) is 2.65. The Hall–Kier alpha value is -1.62. The summed E-state index contributed by atoms with van der Waals surface area (Å²) in [6.45, 7) is 0.653. The minimum absolute atomic E-state index is 0.187. The van der Waals surface area contributed by atoms with E-state index in [4.69, 9.17) is 22.1 Å². The summed E-state index contributed by atoms with van der Waals surface area (Å²) in [6, 6.07) is 3.42. The number of rotatable bonds is 3. The molecule has 0 amide bonds. The van der Waals surface area contributed by atoms with Crippen LogP contribution in [-0.4, -0.2) is 21.6 Å². The van der Waals surface area contributed by atoms with Gasteiger partial charge in [0, 0.05) is 0 Å². The third kappa shape index (κ3) is 2.24. The van der Waals surface area contributed by atoms with Gasteiger partial charge in [0.15, 0.2) is 5.52 Å². The molecule has 2 aromatic rings. The molecule has 0 unspecified atom stereocenters. The van der Waals surface area contributed by atoms with Gasteiger partial charge in [0.2, 0.25) is 11.8 Å². The topological polar surface area (TPSA) is 73.9 Å². The molecule has 0 aromatic carbocycles. The fraction of sp³-hybridized carbons (Fsp3) is 0.364. The fourth-order valence-corrected chi connectivity index (χ4v) is 1.71. The highest BCUT2D eigenvalue weighted by atomic mass is 35.5. The van der Waals surface area contributed by atoms with Gasteiger partial charge in [0.25, 0.3) is 0 Å². The molecular formula is C11H11ClN4O. The van der Waals surface area contributed by atoms with Crippen LogP contribution in [0.5, 0.6) is 5.88 Å². The zero-order chi connectivity index (χ0) is 11.8. The Labute approximate surface area is 103 Å². The van der Waals surface area contributed by atoms with Gasteiger partial charge < -0.3 is 10.5 Å². The molecule has 88 valence electrons. The molecule has 2 N–H and O–H groups in total. The summed E-state index contributed by atoms with van der Waals surface area (Å²) in [7, 11) is 0. The Balaban J connectivity index is 2.02. The van der Waals surface area contributed by atoms with Crippen LogP contribution >= 0.6 is 11.6 Å². The molecule has 0 spiro atoms. The number of ether oxygens (including phenoxy) is 1. The van der Waals surface area contributed by atoms with Crippen molar-refractivity contribution in [3.8, 4) is 5.88 Å². The van der Waals surface area contributed by atoms with E-state index in [1.807, 2.05) is 0 Å². The quantitative estimate of drug-likeness (QED) is 0.844. The van der Waals surface area contributed by atoms with Crippen LogP contribution in [0.25, 0.3) is 11.0 Å². The predicted molar refractivity (Wildman–Crippen MR) is 65.0 cm³/mol. The summed E-state index contributed by atoms with van der Waals surface area (Å²) in [5, 5.41) is 0.391.